The second-order valence-corrected chi connectivity index (χ2v) is 6.95. The molecule has 2 aromatic heterocycles. The molecule has 0 fully saturated rings. The summed E-state index contributed by atoms with van der Waals surface area (Å²) in [6.07, 6.45) is 1.71. The number of rotatable bonds is 8. The van der Waals surface area contributed by atoms with Crippen molar-refractivity contribution in [3.8, 4) is 5.88 Å². The highest BCUT2D eigenvalue weighted by molar-refractivity contribution is 6.01. The van der Waals surface area contributed by atoms with Gasteiger partial charge < -0.3 is 26.8 Å². The molecule has 3 aromatic rings. The monoisotopic (exact) mass is 409 g/mol. The number of methoxy groups -OCH3 is 1. The van der Waals surface area contributed by atoms with E-state index in [2.05, 4.69) is 25.6 Å². The number of nitrogens with one attached hydrogen (secondary N) is 2. The standard InChI is InChI=1S/C20H23N7O3/c1-10(2)15(17(22)29)25-20-26-18(14(16(21)28)19(27-20)30-3)24-12-6-7-13-11(9-12)5-4-8-23-13/h4-10,15H,1-3H3,(H2,21,28)(H2,22,29)(H2,24,25,26,27). The fourth-order valence-electron chi connectivity index (χ4n) is 2.96. The summed E-state index contributed by atoms with van der Waals surface area (Å²) in [6.45, 7) is 3.67. The maximum Gasteiger partial charge on any atom is 0.258 e. The third kappa shape index (κ3) is 4.37. The Morgan fingerprint density at radius 1 is 1.13 bits per heavy atom. The molecule has 10 nitrogen and oxygen atoms in total. The van der Waals surface area contributed by atoms with Gasteiger partial charge in [-0.15, -0.1) is 0 Å². The van der Waals surface area contributed by atoms with Gasteiger partial charge in [0.1, 0.15) is 11.6 Å². The van der Waals surface area contributed by atoms with E-state index < -0.39 is 17.9 Å². The molecule has 10 heteroatoms. The van der Waals surface area contributed by atoms with Crippen LogP contribution in [0.5, 0.6) is 5.88 Å². The third-order valence-electron chi connectivity index (χ3n) is 4.44. The molecule has 0 bridgehead atoms. The summed E-state index contributed by atoms with van der Waals surface area (Å²) >= 11 is 0. The number of hydrogen-bond donors (Lipinski definition) is 4. The number of anilines is 3. The quantitative estimate of drug-likeness (QED) is 0.438. The van der Waals surface area contributed by atoms with E-state index in [1.807, 2.05) is 38.1 Å². The van der Waals surface area contributed by atoms with E-state index in [0.717, 1.165) is 10.9 Å². The number of nitrogens with two attached hydrogens (primary N) is 2. The SMILES string of the molecule is COc1nc(NC(C(N)=O)C(C)C)nc(Nc2ccc3ncccc3c2)c1C(N)=O. The van der Waals surface area contributed by atoms with Gasteiger partial charge >= 0.3 is 0 Å². The smallest absolute Gasteiger partial charge is 0.258 e. The maximum absolute atomic E-state index is 12.1. The first kappa shape index (κ1) is 20.8. The first-order valence-corrected chi connectivity index (χ1v) is 9.23. The Hall–Kier alpha value is -3.95. The number of carbonyl (C=O) groups excluding carboxylic acids is 2. The van der Waals surface area contributed by atoms with Gasteiger partial charge in [-0.05, 0) is 30.2 Å². The van der Waals surface area contributed by atoms with Gasteiger partial charge in [-0.25, -0.2) is 0 Å². The van der Waals surface area contributed by atoms with Crippen LogP contribution in [0.4, 0.5) is 17.5 Å². The van der Waals surface area contributed by atoms with Gasteiger partial charge in [0.2, 0.25) is 17.7 Å². The zero-order valence-corrected chi connectivity index (χ0v) is 16.8. The molecule has 1 aromatic carbocycles. The number of ether oxygens (including phenoxy) is 1. The molecule has 0 saturated carbocycles. The minimum absolute atomic E-state index is 0.0190. The predicted octanol–water partition coefficient (Wildman–Crippen LogP) is 1.80. The van der Waals surface area contributed by atoms with Crippen LogP contribution in [0.25, 0.3) is 10.9 Å². The van der Waals surface area contributed by atoms with Crippen molar-refractivity contribution in [1.82, 2.24) is 15.0 Å². The Morgan fingerprint density at radius 3 is 2.53 bits per heavy atom. The maximum atomic E-state index is 12.1. The van der Waals surface area contributed by atoms with Crippen LogP contribution >= 0.6 is 0 Å². The number of nitrogens with zero attached hydrogens (tertiary/aromatic N) is 3. The van der Waals surface area contributed by atoms with E-state index in [1.165, 1.54) is 7.11 Å². The van der Waals surface area contributed by atoms with E-state index >= 15 is 0 Å². The first-order chi connectivity index (χ1) is 14.3. The lowest BCUT2D eigenvalue weighted by atomic mass is 10.0. The second kappa shape index (κ2) is 8.60. The fourth-order valence-corrected chi connectivity index (χ4v) is 2.96. The van der Waals surface area contributed by atoms with Crippen LogP contribution in [-0.2, 0) is 4.79 Å². The summed E-state index contributed by atoms with van der Waals surface area (Å²) < 4.78 is 5.24. The number of hydrogen-bond acceptors (Lipinski definition) is 8. The fraction of sp³-hybridized carbons (Fsp3) is 0.250. The molecular formula is C20H23N7O3. The van der Waals surface area contributed by atoms with E-state index in [9.17, 15) is 9.59 Å². The van der Waals surface area contributed by atoms with Crippen LogP contribution in [0.2, 0.25) is 0 Å². The summed E-state index contributed by atoms with van der Waals surface area (Å²) in [5.41, 5.74) is 12.5. The summed E-state index contributed by atoms with van der Waals surface area (Å²) in [7, 11) is 1.36. The lowest BCUT2D eigenvalue weighted by Gasteiger charge is -2.20. The van der Waals surface area contributed by atoms with Crippen molar-refractivity contribution in [2.45, 2.75) is 19.9 Å². The molecule has 0 saturated heterocycles. The number of aromatic nitrogens is 3. The van der Waals surface area contributed by atoms with Gasteiger partial charge in [0.05, 0.1) is 12.6 Å². The van der Waals surface area contributed by atoms with Gasteiger partial charge in [-0.1, -0.05) is 19.9 Å². The summed E-state index contributed by atoms with van der Waals surface area (Å²) in [6, 6.07) is 8.51. The summed E-state index contributed by atoms with van der Waals surface area (Å²) in [5.74, 6) is -1.26. The summed E-state index contributed by atoms with van der Waals surface area (Å²) in [5, 5.41) is 6.87. The average molecular weight is 409 g/mol. The van der Waals surface area contributed by atoms with Crippen LogP contribution in [-0.4, -0.2) is 39.9 Å². The minimum atomic E-state index is -0.765. The van der Waals surface area contributed by atoms with Crippen molar-refractivity contribution in [2.24, 2.45) is 17.4 Å². The molecule has 0 aliphatic carbocycles. The number of benzene rings is 1. The molecule has 0 spiro atoms. The van der Waals surface area contributed by atoms with E-state index in [0.29, 0.717) is 5.69 Å². The van der Waals surface area contributed by atoms with Crippen LogP contribution in [0.15, 0.2) is 36.5 Å². The van der Waals surface area contributed by atoms with Crippen molar-refractivity contribution in [1.29, 1.82) is 0 Å². The van der Waals surface area contributed by atoms with Gasteiger partial charge in [0, 0.05) is 17.3 Å². The number of fused-ring (bicyclic) bond motifs is 1. The first-order valence-electron chi connectivity index (χ1n) is 9.23. The van der Waals surface area contributed by atoms with E-state index in [-0.39, 0.29) is 29.1 Å². The van der Waals surface area contributed by atoms with Crippen molar-refractivity contribution >= 4 is 40.2 Å². The van der Waals surface area contributed by atoms with Gasteiger partial charge in [-0.2, -0.15) is 9.97 Å². The second-order valence-electron chi connectivity index (χ2n) is 6.95. The molecule has 2 heterocycles. The highest BCUT2D eigenvalue weighted by atomic mass is 16.5. The minimum Gasteiger partial charge on any atom is -0.480 e. The van der Waals surface area contributed by atoms with Crippen molar-refractivity contribution in [3.63, 3.8) is 0 Å². The highest BCUT2D eigenvalue weighted by Crippen LogP contribution is 2.28. The normalized spacial score (nSPS) is 11.9. The average Bonchev–Trinajstić information content (AvgIpc) is 2.70. The lowest BCUT2D eigenvalue weighted by molar-refractivity contribution is -0.119. The molecule has 3 rings (SSSR count). The molecular weight excluding hydrogens is 386 g/mol. The van der Waals surface area contributed by atoms with Crippen molar-refractivity contribution < 1.29 is 14.3 Å². The number of carbonyl (C=O) groups is 2. The summed E-state index contributed by atoms with van der Waals surface area (Å²) in [4.78, 5) is 36.6. The Bertz CT molecular complexity index is 1100. The Balaban J connectivity index is 2.05. The van der Waals surface area contributed by atoms with Crippen molar-refractivity contribution in [3.05, 3.63) is 42.1 Å². The van der Waals surface area contributed by atoms with Gasteiger partial charge in [0.25, 0.3) is 5.91 Å². The van der Waals surface area contributed by atoms with Crippen molar-refractivity contribution in [2.75, 3.05) is 17.7 Å². The molecule has 1 atom stereocenters. The zero-order chi connectivity index (χ0) is 21.8. The van der Waals surface area contributed by atoms with E-state index in [1.54, 1.807) is 12.3 Å². The molecule has 0 aliphatic rings. The number of amides is 2. The molecule has 2 amide bonds. The van der Waals surface area contributed by atoms with Crippen LogP contribution in [0.3, 0.4) is 0 Å². The topological polar surface area (TPSA) is 158 Å². The highest BCUT2D eigenvalue weighted by Gasteiger charge is 2.24. The third-order valence-corrected chi connectivity index (χ3v) is 4.44. The Morgan fingerprint density at radius 2 is 1.90 bits per heavy atom. The molecule has 0 aliphatic heterocycles. The Kier molecular flexibility index (Phi) is 5.95. The molecule has 6 N–H and O–H groups in total. The molecule has 156 valence electrons. The Labute approximate surface area is 173 Å². The number of primary amides is 2. The predicted molar refractivity (Wildman–Crippen MR) is 114 cm³/mol. The number of pyridine rings is 1. The van der Waals surface area contributed by atoms with Crippen LogP contribution in [0.1, 0.15) is 24.2 Å². The van der Waals surface area contributed by atoms with E-state index in [4.69, 9.17) is 16.2 Å². The van der Waals surface area contributed by atoms with Gasteiger partial charge in [-0.3, -0.25) is 14.6 Å². The molecule has 1 unspecified atom stereocenters. The largest absolute Gasteiger partial charge is 0.480 e. The molecule has 0 radical (unpaired) electrons. The lowest BCUT2D eigenvalue weighted by Crippen LogP contribution is -2.40. The van der Waals surface area contributed by atoms with Crippen LogP contribution in [0, 0.1) is 5.92 Å². The van der Waals surface area contributed by atoms with Crippen LogP contribution < -0.4 is 26.8 Å². The zero-order valence-electron chi connectivity index (χ0n) is 16.8. The van der Waals surface area contributed by atoms with Gasteiger partial charge in [0.15, 0.2) is 5.82 Å². The molecule has 30 heavy (non-hydrogen) atoms.